The largest absolute Gasteiger partial charge is 0.691 e. The molecule has 0 heterocycles. The lowest BCUT2D eigenvalue weighted by Gasteiger charge is -2.62. The zero-order valence-corrected chi connectivity index (χ0v) is 18.9. The molecule has 2 atom stereocenters. The molecule has 4 bridgehead atoms. The summed E-state index contributed by atoms with van der Waals surface area (Å²) < 4.78 is 36.3. The fourth-order valence-corrected chi connectivity index (χ4v) is 6.92. The van der Waals surface area contributed by atoms with Crippen molar-refractivity contribution in [1.82, 2.24) is 0 Å². The topological polar surface area (TPSA) is 67.8 Å². The van der Waals surface area contributed by atoms with Crippen LogP contribution in [0.2, 0.25) is 0 Å². The number of alkyl halides is 2. The Morgan fingerprint density at radius 3 is 2.29 bits per heavy atom. The van der Waals surface area contributed by atoms with E-state index in [4.69, 9.17) is 4.74 Å². The Bertz CT molecular complexity index is 806. The van der Waals surface area contributed by atoms with E-state index in [0.29, 0.717) is 11.8 Å². The molecule has 0 aromatic heterocycles. The van der Waals surface area contributed by atoms with Crippen molar-refractivity contribution in [2.75, 3.05) is 6.61 Å². The Morgan fingerprint density at radius 1 is 1.13 bits per heavy atom. The predicted molar refractivity (Wildman–Crippen MR) is 110 cm³/mol. The fourth-order valence-electron chi connectivity index (χ4n) is 6.68. The van der Waals surface area contributed by atoms with Gasteiger partial charge in [-0.15, -0.1) is 0 Å². The van der Waals surface area contributed by atoms with Crippen LogP contribution in [-0.4, -0.2) is 17.8 Å². The third-order valence-corrected chi connectivity index (χ3v) is 7.96. The lowest BCUT2D eigenvalue weighted by molar-refractivity contribution is -0.777. The van der Waals surface area contributed by atoms with E-state index in [2.05, 4.69) is 54.4 Å². The third-order valence-electron chi connectivity index (χ3n) is 7.46. The zero-order valence-electron chi connectivity index (χ0n) is 18.1. The van der Waals surface area contributed by atoms with Crippen LogP contribution in [0.1, 0.15) is 70.4 Å². The first-order valence-electron chi connectivity index (χ1n) is 10.8. The highest BCUT2D eigenvalue weighted by atomic mass is 32.2. The van der Waals surface area contributed by atoms with Gasteiger partial charge >= 0.3 is 11.2 Å². The highest BCUT2D eigenvalue weighted by Gasteiger charge is 2.59. The Morgan fingerprint density at radius 2 is 1.74 bits per heavy atom. The van der Waals surface area contributed by atoms with Gasteiger partial charge in [0.2, 0.25) is 0 Å². The molecule has 0 N–H and O–H groups in total. The molecule has 0 aliphatic heterocycles. The second-order valence-electron chi connectivity index (χ2n) is 10.9. The molecule has 31 heavy (non-hydrogen) atoms. The van der Waals surface area contributed by atoms with Gasteiger partial charge in [-0.05, 0) is 72.3 Å². The molecule has 4 aliphatic rings. The van der Waals surface area contributed by atoms with Crippen LogP contribution in [0.4, 0.5) is 8.78 Å². The van der Waals surface area contributed by atoms with E-state index in [0.717, 1.165) is 38.5 Å². The van der Waals surface area contributed by atoms with Crippen LogP contribution in [0.15, 0.2) is 24.3 Å². The molecule has 5 nitrogen and oxygen atoms in total. The minimum Gasteiger partial charge on any atom is -0.691 e. The Labute approximate surface area is 185 Å². The summed E-state index contributed by atoms with van der Waals surface area (Å²) in [6, 6.07) is 8.88. The molecule has 2 unspecified atom stereocenters. The monoisotopic (exact) mass is 455 g/mol. The van der Waals surface area contributed by atoms with Gasteiger partial charge in [-0.3, -0.25) is 5.04 Å². The standard InChI is InChI=1S/C23H30F2O5S/c1-20(2,3)17-4-6-18(7-5-17)22-11-15-8-16(12-22)10-21(9-15,13-22)14-28-19(26)23(24,25)31-30-29-27/h4-7,15-16,27H,8-14H2,1-3H3/p-1. The molecule has 1 aromatic rings. The quantitative estimate of drug-likeness (QED) is 0.254. The summed E-state index contributed by atoms with van der Waals surface area (Å²) >= 11 is -0.639. The molecular formula is C23H29F2O5S-. The first-order valence-corrected chi connectivity index (χ1v) is 11.5. The molecule has 1 aromatic carbocycles. The normalized spacial score (nSPS) is 32.3. The van der Waals surface area contributed by atoms with E-state index >= 15 is 0 Å². The van der Waals surface area contributed by atoms with Crippen molar-refractivity contribution >= 4 is 18.0 Å². The maximum atomic E-state index is 13.8. The van der Waals surface area contributed by atoms with Gasteiger partial charge in [-0.1, -0.05) is 45.0 Å². The third kappa shape index (κ3) is 4.49. The van der Waals surface area contributed by atoms with E-state index in [9.17, 15) is 18.8 Å². The second-order valence-corrected chi connectivity index (χ2v) is 11.7. The van der Waals surface area contributed by atoms with Gasteiger partial charge < -0.3 is 9.99 Å². The number of carbonyl (C=O) groups excluding carboxylic acids is 1. The van der Waals surface area contributed by atoms with Gasteiger partial charge in [0.05, 0.1) is 6.61 Å². The smallest absolute Gasteiger partial charge is 0.415 e. The molecule has 4 saturated carbocycles. The first-order chi connectivity index (χ1) is 14.5. The van der Waals surface area contributed by atoms with Crippen LogP contribution >= 0.6 is 12.0 Å². The number of esters is 1. The van der Waals surface area contributed by atoms with Crippen LogP contribution in [0.25, 0.3) is 0 Å². The molecule has 4 fully saturated rings. The van der Waals surface area contributed by atoms with Crippen LogP contribution in [0.5, 0.6) is 0 Å². The van der Waals surface area contributed by atoms with Crippen LogP contribution < -0.4 is 5.26 Å². The number of hydrogen-bond donors (Lipinski definition) is 0. The van der Waals surface area contributed by atoms with Crippen LogP contribution in [0, 0.1) is 17.3 Å². The van der Waals surface area contributed by atoms with Crippen LogP contribution in [-0.2, 0) is 29.7 Å². The highest BCUT2D eigenvalue weighted by molar-refractivity contribution is 7.96. The number of ether oxygens (including phenoxy) is 1. The summed E-state index contributed by atoms with van der Waals surface area (Å²) in [7, 11) is 0. The lowest BCUT2D eigenvalue weighted by Crippen LogP contribution is -2.55. The number of rotatable bonds is 7. The van der Waals surface area contributed by atoms with Crippen LogP contribution in [0.3, 0.4) is 0 Å². The summed E-state index contributed by atoms with van der Waals surface area (Å²) in [4.78, 5) is 11.9. The van der Waals surface area contributed by atoms with E-state index in [1.807, 2.05) is 0 Å². The first kappa shape index (κ1) is 23.0. The number of carbonyl (C=O) groups is 1. The molecule has 0 amide bonds. The van der Waals surface area contributed by atoms with Crippen molar-refractivity contribution in [3.8, 4) is 0 Å². The molecule has 5 rings (SSSR count). The second kappa shape index (κ2) is 7.97. The highest BCUT2D eigenvalue weighted by Crippen LogP contribution is 2.65. The number of benzene rings is 1. The SMILES string of the molecule is CC(C)(C)c1ccc(C23CC4CC(CC(COC(=O)C(F)(F)SOO[O-])(C4)C2)C3)cc1. The van der Waals surface area contributed by atoms with Crippen molar-refractivity contribution in [1.29, 1.82) is 0 Å². The van der Waals surface area contributed by atoms with Gasteiger partial charge in [0.1, 0.15) is 12.0 Å². The van der Waals surface area contributed by atoms with Gasteiger partial charge in [-0.25, -0.2) is 4.79 Å². The summed E-state index contributed by atoms with van der Waals surface area (Å²) in [5, 5.41) is 8.73. The summed E-state index contributed by atoms with van der Waals surface area (Å²) in [6.07, 6.45) is 6.02. The molecule has 0 saturated heterocycles. The minimum absolute atomic E-state index is 0.0175. The van der Waals surface area contributed by atoms with E-state index in [1.165, 1.54) is 11.1 Å². The zero-order chi connectivity index (χ0) is 22.5. The molecule has 172 valence electrons. The maximum Gasteiger partial charge on any atom is 0.415 e. The van der Waals surface area contributed by atoms with Crippen molar-refractivity contribution in [2.45, 2.75) is 75.4 Å². The average molecular weight is 456 g/mol. The molecular weight excluding hydrogens is 426 g/mol. The van der Waals surface area contributed by atoms with Gasteiger partial charge in [0.15, 0.2) is 0 Å². The lowest BCUT2D eigenvalue weighted by atomic mass is 9.43. The molecule has 0 radical (unpaired) electrons. The summed E-state index contributed by atoms with van der Waals surface area (Å²) in [5.74, 6) is -0.655. The fraction of sp³-hybridized carbons (Fsp3) is 0.696. The van der Waals surface area contributed by atoms with Crippen molar-refractivity contribution in [2.24, 2.45) is 17.3 Å². The number of hydrogen-bond acceptors (Lipinski definition) is 6. The predicted octanol–water partition coefficient (Wildman–Crippen LogP) is 4.83. The van der Waals surface area contributed by atoms with E-state index < -0.39 is 23.3 Å². The van der Waals surface area contributed by atoms with Gasteiger partial charge in [0.25, 0.3) is 0 Å². The van der Waals surface area contributed by atoms with E-state index in [1.54, 1.807) is 0 Å². The van der Waals surface area contributed by atoms with E-state index in [-0.39, 0.29) is 22.9 Å². The number of halogens is 2. The van der Waals surface area contributed by atoms with Crippen molar-refractivity contribution in [3.63, 3.8) is 0 Å². The average Bonchev–Trinajstić information content (AvgIpc) is 2.69. The molecule has 8 heteroatoms. The minimum atomic E-state index is -3.99. The van der Waals surface area contributed by atoms with Crippen molar-refractivity contribution < 1.29 is 32.9 Å². The van der Waals surface area contributed by atoms with Gasteiger partial charge in [0, 0.05) is 5.41 Å². The Balaban J connectivity index is 1.51. The Hall–Kier alpha value is -1.22. The summed E-state index contributed by atoms with van der Waals surface area (Å²) in [5.41, 5.74) is 2.42. The molecule has 4 aliphatic carbocycles. The van der Waals surface area contributed by atoms with Crippen molar-refractivity contribution in [3.05, 3.63) is 35.4 Å². The molecule has 0 spiro atoms. The Kier molecular flexibility index (Phi) is 5.90. The van der Waals surface area contributed by atoms with Gasteiger partial charge in [-0.2, -0.15) is 13.1 Å². The maximum absolute atomic E-state index is 13.8. The summed E-state index contributed by atoms with van der Waals surface area (Å²) in [6.45, 7) is 6.55.